The van der Waals surface area contributed by atoms with Crippen molar-refractivity contribution in [1.82, 2.24) is 25.1 Å². The van der Waals surface area contributed by atoms with Crippen LogP contribution >= 0.6 is 23.6 Å². The monoisotopic (exact) mass is 450 g/mol. The molecule has 0 aliphatic carbocycles. The van der Waals surface area contributed by atoms with Crippen LogP contribution in [0, 0.1) is 6.92 Å². The van der Waals surface area contributed by atoms with Crippen molar-refractivity contribution in [1.29, 1.82) is 0 Å². The summed E-state index contributed by atoms with van der Waals surface area (Å²) in [7, 11) is 0. The molecule has 9 heteroatoms. The predicted octanol–water partition coefficient (Wildman–Crippen LogP) is 4.59. The van der Waals surface area contributed by atoms with Crippen molar-refractivity contribution in [2.45, 2.75) is 33.1 Å². The maximum absolute atomic E-state index is 12.5. The summed E-state index contributed by atoms with van der Waals surface area (Å²) in [4.78, 5) is 13.3. The highest BCUT2D eigenvalue weighted by Crippen LogP contribution is 2.27. The van der Waals surface area contributed by atoms with E-state index >= 15 is 0 Å². The van der Waals surface area contributed by atoms with E-state index in [-0.39, 0.29) is 16.4 Å². The Bertz CT molecular complexity index is 1270. The molecule has 0 bridgehead atoms. The van der Waals surface area contributed by atoms with E-state index in [1.807, 2.05) is 55.5 Å². The van der Waals surface area contributed by atoms with Gasteiger partial charge in [0, 0.05) is 16.8 Å². The minimum absolute atomic E-state index is 0.0343. The first kappa shape index (κ1) is 21.1. The fourth-order valence-corrected chi connectivity index (χ4v) is 4.11. The molecule has 0 atom stereocenters. The molecular formula is C22H22N6OS2. The molecular weight excluding hydrogens is 428 g/mol. The van der Waals surface area contributed by atoms with Crippen LogP contribution in [0.2, 0.25) is 0 Å². The molecule has 1 amide bonds. The Labute approximate surface area is 189 Å². The Morgan fingerprint density at radius 2 is 1.84 bits per heavy atom. The number of amides is 1. The zero-order valence-corrected chi connectivity index (χ0v) is 19.3. The van der Waals surface area contributed by atoms with Crippen molar-refractivity contribution in [2.24, 2.45) is 0 Å². The molecule has 0 radical (unpaired) electrons. The van der Waals surface area contributed by atoms with Crippen LogP contribution in [0.3, 0.4) is 0 Å². The second-order valence-corrected chi connectivity index (χ2v) is 9.53. The van der Waals surface area contributed by atoms with Crippen LogP contribution in [-0.2, 0) is 5.41 Å². The lowest BCUT2D eigenvalue weighted by atomic mass is 9.87. The largest absolute Gasteiger partial charge is 0.332 e. The molecule has 2 aromatic carbocycles. The van der Waals surface area contributed by atoms with E-state index in [9.17, 15) is 4.79 Å². The Balaban J connectivity index is 1.44. The molecule has 31 heavy (non-hydrogen) atoms. The van der Waals surface area contributed by atoms with E-state index in [0.717, 1.165) is 27.0 Å². The molecule has 0 spiro atoms. The summed E-state index contributed by atoms with van der Waals surface area (Å²) in [6, 6.07) is 15.2. The highest BCUT2D eigenvalue weighted by molar-refractivity contribution is 7.80. The van der Waals surface area contributed by atoms with Crippen LogP contribution in [0.25, 0.3) is 15.5 Å². The summed E-state index contributed by atoms with van der Waals surface area (Å²) in [6.07, 6.45) is 0. The molecule has 158 valence electrons. The van der Waals surface area contributed by atoms with E-state index in [2.05, 4.69) is 46.7 Å². The van der Waals surface area contributed by atoms with E-state index in [0.29, 0.717) is 5.56 Å². The lowest BCUT2D eigenvalue weighted by Crippen LogP contribution is -2.34. The first-order valence-corrected chi connectivity index (χ1v) is 11.0. The average Bonchev–Trinajstić information content (AvgIpc) is 3.30. The van der Waals surface area contributed by atoms with E-state index in [4.69, 9.17) is 12.2 Å². The topological polar surface area (TPSA) is 84.2 Å². The van der Waals surface area contributed by atoms with Gasteiger partial charge in [0.2, 0.25) is 4.96 Å². The Hall–Kier alpha value is -3.17. The number of aromatic nitrogens is 4. The van der Waals surface area contributed by atoms with E-state index in [1.165, 1.54) is 16.9 Å². The first-order valence-electron chi connectivity index (χ1n) is 9.73. The number of fused-ring (bicyclic) bond motifs is 1. The van der Waals surface area contributed by atoms with Gasteiger partial charge in [0.25, 0.3) is 5.91 Å². The smallest absolute Gasteiger partial charge is 0.257 e. The van der Waals surface area contributed by atoms with E-state index in [1.54, 1.807) is 4.52 Å². The molecule has 4 rings (SSSR count). The number of benzene rings is 2. The molecule has 2 heterocycles. The molecule has 0 saturated heterocycles. The van der Waals surface area contributed by atoms with Gasteiger partial charge in [-0.3, -0.25) is 10.1 Å². The highest BCUT2D eigenvalue weighted by atomic mass is 32.1. The summed E-state index contributed by atoms with van der Waals surface area (Å²) in [6.45, 7) is 8.27. The standard InChI is InChI=1S/C22H22N6OS2/c1-13-25-26-21-28(13)27-19(31-21)15-6-5-7-17(12-15)23-20(30)24-18(29)14-8-10-16(11-9-14)22(2,3)4/h5-12H,1-4H3,(H2,23,24,29,30). The third kappa shape index (κ3) is 4.62. The summed E-state index contributed by atoms with van der Waals surface area (Å²) >= 11 is 6.79. The summed E-state index contributed by atoms with van der Waals surface area (Å²) in [5, 5.41) is 19.5. The third-order valence-electron chi connectivity index (χ3n) is 4.75. The van der Waals surface area contributed by atoms with Crippen LogP contribution in [-0.4, -0.2) is 30.8 Å². The van der Waals surface area contributed by atoms with Crippen molar-refractivity contribution < 1.29 is 4.79 Å². The van der Waals surface area contributed by atoms with Crippen LogP contribution in [0.5, 0.6) is 0 Å². The van der Waals surface area contributed by atoms with Crippen molar-refractivity contribution >= 4 is 45.2 Å². The number of nitrogens with one attached hydrogen (secondary N) is 2. The zero-order chi connectivity index (χ0) is 22.2. The highest BCUT2D eigenvalue weighted by Gasteiger charge is 2.15. The minimum Gasteiger partial charge on any atom is -0.332 e. The first-order chi connectivity index (χ1) is 14.7. The van der Waals surface area contributed by atoms with Gasteiger partial charge in [-0.15, -0.1) is 10.2 Å². The number of nitrogens with zero attached hydrogens (tertiary/aromatic N) is 4. The number of thiocarbonyl (C=S) groups is 1. The summed E-state index contributed by atoms with van der Waals surface area (Å²) < 4.78 is 1.72. The zero-order valence-electron chi connectivity index (χ0n) is 17.6. The molecule has 0 aliphatic heterocycles. The molecule has 0 unspecified atom stereocenters. The number of hydrogen-bond acceptors (Lipinski definition) is 6. The molecule has 4 aromatic rings. The number of carbonyl (C=O) groups excluding carboxylic acids is 1. The summed E-state index contributed by atoms with van der Waals surface area (Å²) in [5.74, 6) is 0.490. The van der Waals surface area contributed by atoms with Gasteiger partial charge in [-0.2, -0.15) is 9.61 Å². The molecule has 7 nitrogen and oxygen atoms in total. The second-order valence-electron chi connectivity index (χ2n) is 8.17. The lowest BCUT2D eigenvalue weighted by Gasteiger charge is -2.19. The maximum Gasteiger partial charge on any atom is 0.257 e. The number of carbonyl (C=O) groups is 1. The van der Waals surface area contributed by atoms with Gasteiger partial charge in [0.1, 0.15) is 5.01 Å². The Morgan fingerprint density at radius 3 is 2.52 bits per heavy atom. The number of anilines is 1. The SMILES string of the molecule is Cc1nnc2sc(-c3cccc(NC(=S)NC(=O)c4ccc(C(C)(C)C)cc4)c3)nn12. The van der Waals surface area contributed by atoms with Crippen LogP contribution in [0.4, 0.5) is 5.69 Å². The number of hydrogen-bond donors (Lipinski definition) is 2. The average molecular weight is 451 g/mol. The van der Waals surface area contributed by atoms with Crippen LogP contribution < -0.4 is 10.6 Å². The predicted molar refractivity (Wildman–Crippen MR) is 128 cm³/mol. The normalized spacial score (nSPS) is 11.5. The van der Waals surface area contributed by atoms with Crippen molar-refractivity contribution in [3.63, 3.8) is 0 Å². The van der Waals surface area contributed by atoms with Gasteiger partial charge < -0.3 is 5.32 Å². The van der Waals surface area contributed by atoms with Crippen molar-refractivity contribution in [3.8, 4) is 10.6 Å². The molecule has 0 fully saturated rings. The van der Waals surface area contributed by atoms with Crippen LogP contribution in [0.15, 0.2) is 48.5 Å². The Kier molecular flexibility index (Phi) is 5.55. The van der Waals surface area contributed by atoms with E-state index < -0.39 is 0 Å². The number of rotatable bonds is 3. The Morgan fingerprint density at radius 1 is 1.10 bits per heavy atom. The third-order valence-corrected chi connectivity index (χ3v) is 5.91. The fourth-order valence-electron chi connectivity index (χ4n) is 3.02. The molecule has 0 aliphatic rings. The molecule has 2 aromatic heterocycles. The molecule has 0 saturated carbocycles. The maximum atomic E-state index is 12.5. The van der Waals surface area contributed by atoms with Crippen molar-refractivity contribution in [3.05, 3.63) is 65.5 Å². The van der Waals surface area contributed by atoms with Gasteiger partial charge in [0.05, 0.1) is 0 Å². The van der Waals surface area contributed by atoms with Gasteiger partial charge >= 0.3 is 0 Å². The minimum atomic E-state index is -0.252. The molecule has 2 N–H and O–H groups in total. The summed E-state index contributed by atoms with van der Waals surface area (Å²) in [5.41, 5.74) is 3.44. The van der Waals surface area contributed by atoms with Gasteiger partial charge in [-0.1, -0.05) is 56.4 Å². The number of aryl methyl sites for hydroxylation is 1. The second kappa shape index (κ2) is 8.16. The van der Waals surface area contributed by atoms with Gasteiger partial charge in [0.15, 0.2) is 10.9 Å². The van der Waals surface area contributed by atoms with Gasteiger partial charge in [-0.25, -0.2) is 0 Å². The fraction of sp³-hybridized carbons (Fsp3) is 0.227. The quantitative estimate of drug-likeness (QED) is 0.444. The lowest BCUT2D eigenvalue weighted by molar-refractivity contribution is 0.0977. The van der Waals surface area contributed by atoms with Crippen LogP contribution in [0.1, 0.15) is 42.5 Å². The van der Waals surface area contributed by atoms with Crippen molar-refractivity contribution in [2.75, 3.05) is 5.32 Å². The van der Waals surface area contributed by atoms with Gasteiger partial charge in [-0.05, 0) is 54.4 Å².